The van der Waals surface area contributed by atoms with Gasteiger partial charge in [-0.1, -0.05) is 18.7 Å². The zero-order valence-corrected chi connectivity index (χ0v) is 9.92. The molecular weight excluding hydrogens is 220 g/mol. The molecule has 0 atom stereocenters. The Morgan fingerprint density at radius 3 is 2.53 bits per heavy atom. The molecule has 1 heterocycles. The second kappa shape index (κ2) is 5.76. The van der Waals surface area contributed by atoms with Gasteiger partial charge in [-0.25, -0.2) is 0 Å². The monoisotopic (exact) mass is 238 g/mol. The molecule has 1 rings (SSSR count). The fraction of sp³-hybridized carbons (Fsp3) is 1.00. The van der Waals surface area contributed by atoms with Crippen LogP contribution in [0.2, 0.25) is 0 Å². The van der Waals surface area contributed by atoms with Crippen molar-refractivity contribution in [2.45, 2.75) is 13.8 Å². The van der Waals surface area contributed by atoms with Crippen LogP contribution in [-0.2, 0) is 19.8 Å². The first kappa shape index (κ1) is 12.9. The van der Waals surface area contributed by atoms with E-state index in [0.29, 0.717) is 32.9 Å². The summed E-state index contributed by atoms with van der Waals surface area (Å²) in [5.74, 6) is 0.289. The van der Waals surface area contributed by atoms with Gasteiger partial charge in [0.25, 0.3) is 0 Å². The van der Waals surface area contributed by atoms with Crippen LogP contribution >= 0.6 is 0 Å². The van der Waals surface area contributed by atoms with Gasteiger partial charge >= 0.3 is 10.2 Å². The van der Waals surface area contributed by atoms with Crippen LogP contribution in [-0.4, -0.2) is 45.6 Å². The summed E-state index contributed by atoms with van der Waals surface area (Å²) in [5.41, 5.74) is 0. The van der Waals surface area contributed by atoms with Crippen LogP contribution < -0.4 is 4.89 Å². The molecule has 15 heavy (non-hydrogen) atoms. The molecular formula is C8H18N2O4S. The molecule has 0 amide bonds. The molecule has 90 valence electrons. The van der Waals surface area contributed by atoms with Crippen molar-refractivity contribution in [3.05, 3.63) is 0 Å². The number of hydrogen-bond acceptors (Lipinski definition) is 4. The van der Waals surface area contributed by atoms with Gasteiger partial charge in [0.05, 0.1) is 19.8 Å². The summed E-state index contributed by atoms with van der Waals surface area (Å²) >= 11 is 0. The van der Waals surface area contributed by atoms with E-state index in [0.717, 1.165) is 0 Å². The third kappa shape index (κ3) is 4.43. The lowest BCUT2D eigenvalue weighted by Crippen LogP contribution is -2.46. The first-order valence-electron chi connectivity index (χ1n) is 4.99. The number of morpholine rings is 1. The maximum absolute atomic E-state index is 11.6. The molecule has 0 aromatic carbocycles. The lowest BCUT2D eigenvalue weighted by atomic mass is 10.2. The van der Waals surface area contributed by atoms with E-state index in [-0.39, 0.29) is 5.92 Å². The first-order chi connectivity index (χ1) is 7.02. The van der Waals surface area contributed by atoms with Crippen molar-refractivity contribution in [3.63, 3.8) is 0 Å². The first-order valence-corrected chi connectivity index (χ1v) is 6.43. The Kier molecular flexibility index (Phi) is 4.94. The van der Waals surface area contributed by atoms with Gasteiger partial charge in [-0.05, 0) is 5.92 Å². The molecule has 6 nitrogen and oxygen atoms in total. The van der Waals surface area contributed by atoms with Gasteiger partial charge in [0, 0.05) is 13.1 Å². The number of rotatable bonds is 5. The Morgan fingerprint density at radius 1 is 1.40 bits per heavy atom. The standard InChI is InChI=1S/C8H18N2O4S/c1-8(2)7-14-9-15(11,12)10-3-5-13-6-4-10/h8-9H,3-7H2,1-2H3. The molecule has 0 unspecified atom stereocenters. The largest absolute Gasteiger partial charge is 0.379 e. The van der Waals surface area contributed by atoms with Gasteiger partial charge in [-0.2, -0.15) is 12.7 Å². The van der Waals surface area contributed by atoms with E-state index >= 15 is 0 Å². The molecule has 1 aliphatic heterocycles. The molecule has 0 aromatic rings. The van der Waals surface area contributed by atoms with Crippen molar-refractivity contribution < 1.29 is 18.0 Å². The number of nitrogens with zero attached hydrogens (tertiary/aromatic N) is 1. The number of ether oxygens (including phenoxy) is 1. The SMILES string of the molecule is CC(C)CONS(=O)(=O)N1CCOCC1. The fourth-order valence-corrected chi connectivity index (χ4v) is 2.07. The Morgan fingerprint density at radius 2 is 2.00 bits per heavy atom. The second-order valence-corrected chi connectivity index (χ2v) is 5.44. The highest BCUT2D eigenvalue weighted by molar-refractivity contribution is 7.87. The molecule has 7 heteroatoms. The van der Waals surface area contributed by atoms with Crippen LogP contribution in [0.1, 0.15) is 13.8 Å². The van der Waals surface area contributed by atoms with Crippen molar-refractivity contribution in [1.82, 2.24) is 9.19 Å². The van der Waals surface area contributed by atoms with E-state index in [4.69, 9.17) is 9.57 Å². The van der Waals surface area contributed by atoms with Crippen LogP contribution in [0, 0.1) is 5.92 Å². The highest BCUT2D eigenvalue weighted by Crippen LogP contribution is 2.03. The highest BCUT2D eigenvalue weighted by atomic mass is 32.2. The van der Waals surface area contributed by atoms with Crippen molar-refractivity contribution in [2.75, 3.05) is 32.9 Å². The van der Waals surface area contributed by atoms with E-state index in [2.05, 4.69) is 4.89 Å². The topological polar surface area (TPSA) is 67.9 Å². The van der Waals surface area contributed by atoms with Crippen molar-refractivity contribution in [1.29, 1.82) is 0 Å². The summed E-state index contributed by atoms with van der Waals surface area (Å²) < 4.78 is 29.6. The fourth-order valence-electron chi connectivity index (χ4n) is 1.11. The molecule has 1 fully saturated rings. The van der Waals surface area contributed by atoms with Gasteiger partial charge in [0.2, 0.25) is 0 Å². The summed E-state index contributed by atoms with van der Waals surface area (Å²) in [6, 6.07) is 0. The molecule has 0 aliphatic carbocycles. The molecule has 0 saturated carbocycles. The third-order valence-electron chi connectivity index (χ3n) is 1.89. The van der Waals surface area contributed by atoms with E-state index in [9.17, 15) is 8.42 Å². The zero-order valence-electron chi connectivity index (χ0n) is 9.10. The van der Waals surface area contributed by atoms with Gasteiger partial charge in [-0.3, -0.25) is 4.84 Å². The Hall–Kier alpha value is -0.210. The molecule has 1 N–H and O–H groups in total. The average Bonchev–Trinajstić information content (AvgIpc) is 2.18. The summed E-state index contributed by atoms with van der Waals surface area (Å²) in [7, 11) is -3.50. The van der Waals surface area contributed by atoms with Crippen LogP contribution in [0.3, 0.4) is 0 Å². The Balaban J connectivity index is 2.36. The molecule has 0 aromatic heterocycles. The predicted molar refractivity (Wildman–Crippen MR) is 55.2 cm³/mol. The third-order valence-corrected chi connectivity index (χ3v) is 3.26. The smallest absolute Gasteiger partial charge is 0.301 e. The number of hydrogen-bond donors (Lipinski definition) is 1. The van der Waals surface area contributed by atoms with Crippen LogP contribution in [0.4, 0.5) is 0 Å². The molecule has 0 spiro atoms. The molecule has 1 aliphatic rings. The summed E-state index contributed by atoms with van der Waals surface area (Å²) in [5, 5.41) is 0. The maximum Gasteiger partial charge on any atom is 0.301 e. The lowest BCUT2D eigenvalue weighted by molar-refractivity contribution is 0.0503. The lowest BCUT2D eigenvalue weighted by Gasteiger charge is -2.25. The van der Waals surface area contributed by atoms with Crippen molar-refractivity contribution in [3.8, 4) is 0 Å². The molecule has 0 radical (unpaired) electrons. The summed E-state index contributed by atoms with van der Waals surface area (Å²) in [4.78, 5) is 7.00. The highest BCUT2D eigenvalue weighted by Gasteiger charge is 2.24. The van der Waals surface area contributed by atoms with Gasteiger partial charge in [-0.15, -0.1) is 0 Å². The van der Waals surface area contributed by atoms with E-state index in [1.807, 2.05) is 13.8 Å². The van der Waals surface area contributed by atoms with E-state index < -0.39 is 10.2 Å². The van der Waals surface area contributed by atoms with Gasteiger partial charge in [0.1, 0.15) is 0 Å². The van der Waals surface area contributed by atoms with Crippen LogP contribution in [0.5, 0.6) is 0 Å². The summed E-state index contributed by atoms with van der Waals surface area (Å²) in [6.45, 7) is 5.88. The Bertz CT molecular complexity index is 272. The summed E-state index contributed by atoms with van der Waals surface area (Å²) in [6.07, 6.45) is 0. The quantitative estimate of drug-likeness (QED) is 0.670. The average molecular weight is 238 g/mol. The van der Waals surface area contributed by atoms with E-state index in [1.54, 1.807) is 0 Å². The van der Waals surface area contributed by atoms with E-state index in [1.165, 1.54) is 4.31 Å². The predicted octanol–water partition coefficient (Wildman–Crippen LogP) is -0.259. The van der Waals surface area contributed by atoms with Crippen molar-refractivity contribution in [2.24, 2.45) is 5.92 Å². The minimum atomic E-state index is -3.50. The van der Waals surface area contributed by atoms with Crippen LogP contribution in [0.15, 0.2) is 0 Å². The minimum Gasteiger partial charge on any atom is -0.379 e. The second-order valence-electron chi connectivity index (χ2n) is 3.80. The minimum absolute atomic E-state index is 0.289. The molecule has 0 bridgehead atoms. The normalized spacial score (nSPS) is 19.7. The zero-order chi connectivity index (χ0) is 11.3. The van der Waals surface area contributed by atoms with Gasteiger partial charge < -0.3 is 4.74 Å². The number of nitrogens with one attached hydrogen (secondary N) is 1. The van der Waals surface area contributed by atoms with Gasteiger partial charge in [0.15, 0.2) is 0 Å². The maximum atomic E-state index is 11.6. The molecule has 1 saturated heterocycles. The van der Waals surface area contributed by atoms with Crippen molar-refractivity contribution >= 4 is 10.2 Å². The Labute approximate surface area is 90.7 Å². The van der Waals surface area contributed by atoms with Crippen LogP contribution in [0.25, 0.3) is 0 Å².